The van der Waals surface area contributed by atoms with E-state index in [0.29, 0.717) is 11.7 Å². The summed E-state index contributed by atoms with van der Waals surface area (Å²) in [4.78, 5) is 14.1. The maximum absolute atomic E-state index is 12.2. The van der Waals surface area contributed by atoms with Crippen LogP contribution in [0.15, 0.2) is 54.6 Å². The van der Waals surface area contributed by atoms with Crippen molar-refractivity contribution in [2.45, 2.75) is 18.8 Å². The van der Waals surface area contributed by atoms with Gasteiger partial charge in [0.1, 0.15) is 5.75 Å². The van der Waals surface area contributed by atoms with Gasteiger partial charge in [0, 0.05) is 18.8 Å². The Bertz CT molecular complexity index is 617. The minimum absolute atomic E-state index is 0.0321. The van der Waals surface area contributed by atoms with Crippen LogP contribution < -0.4 is 5.32 Å². The number of anilines is 1. The molecule has 0 unspecified atom stereocenters. The average molecular weight is 296 g/mol. The quantitative estimate of drug-likeness (QED) is 0.885. The number of rotatable bonds is 2. The van der Waals surface area contributed by atoms with Gasteiger partial charge in [-0.2, -0.15) is 0 Å². The second-order valence-corrected chi connectivity index (χ2v) is 5.65. The molecule has 4 nitrogen and oxygen atoms in total. The summed E-state index contributed by atoms with van der Waals surface area (Å²) in [7, 11) is 0. The van der Waals surface area contributed by atoms with Gasteiger partial charge in [-0.1, -0.05) is 30.3 Å². The first kappa shape index (κ1) is 14.4. The zero-order valence-corrected chi connectivity index (χ0v) is 12.4. The molecule has 0 aromatic heterocycles. The fourth-order valence-corrected chi connectivity index (χ4v) is 2.89. The zero-order valence-electron chi connectivity index (χ0n) is 12.4. The van der Waals surface area contributed by atoms with Crippen LogP contribution >= 0.6 is 0 Å². The number of phenols is 1. The van der Waals surface area contributed by atoms with Gasteiger partial charge < -0.3 is 15.3 Å². The highest BCUT2D eigenvalue weighted by Gasteiger charge is 2.23. The number of carbonyl (C=O) groups is 1. The van der Waals surface area contributed by atoms with Crippen LogP contribution in [0.25, 0.3) is 0 Å². The number of benzene rings is 2. The van der Waals surface area contributed by atoms with Crippen LogP contribution in [0, 0.1) is 0 Å². The number of aromatic hydroxyl groups is 1. The van der Waals surface area contributed by atoms with Gasteiger partial charge in [0.05, 0.1) is 0 Å². The molecule has 2 N–H and O–H groups in total. The van der Waals surface area contributed by atoms with Crippen molar-refractivity contribution in [1.29, 1.82) is 0 Å². The monoisotopic (exact) mass is 296 g/mol. The third kappa shape index (κ3) is 3.39. The number of hydrogen-bond acceptors (Lipinski definition) is 2. The van der Waals surface area contributed by atoms with Crippen molar-refractivity contribution >= 4 is 11.7 Å². The number of carbonyl (C=O) groups excluding carboxylic acids is 1. The fourth-order valence-electron chi connectivity index (χ4n) is 2.89. The van der Waals surface area contributed by atoms with Crippen LogP contribution in [0.1, 0.15) is 24.3 Å². The van der Waals surface area contributed by atoms with E-state index in [1.54, 1.807) is 12.1 Å². The molecule has 1 saturated heterocycles. The molecular weight excluding hydrogens is 276 g/mol. The van der Waals surface area contributed by atoms with Gasteiger partial charge >= 0.3 is 6.03 Å². The molecule has 0 spiro atoms. The Morgan fingerprint density at radius 2 is 1.64 bits per heavy atom. The first-order chi connectivity index (χ1) is 10.7. The van der Waals surface area contributed by atoms with Gasteiger partial charge in [0.15, 0.2) is 0 Å². The molecule has 0 saturated carbocycles. The molecule has 3 rings (SSSR count). The van der Waals surface area contributed by atoms with E-state index >= 15 is 0 Å². The van der Waals surface area contributed by atoms with E-state index in [0.717, 1.165) is 31.6 Å². The first-order valence-corrected chi connectivity index (χ1v) is 7.62. The summed E-state index contributed by atoms with van der Waals surface area (Å²) in [5, 5.41) is 12.3. The predicted molar refractivity (Wildman–Crippen MR) is 87.1 cm³/mol. The number of para-hydroxylation sites is 1. The van der Waals surface area contributed by atoms with Gasteiger partial charge in [0.2, 0.25) is 0 Å². The van der Waals surface area contributed by atoms with Crippen molar-refractivity contribution in [1.82, 2.24) is 4.90 Å². The number of amides is 2. The summed E-state index contributed by atoms with van der Waals surface area (Å²) in [5.41, 5.74) is 2.06. The maximum Gasteiger partial charge on any atom is 0.321 e. The van der Waals surface area contributed by atoms with Gasteiger partial charge in [-0.15, -0.1) is 0 Å². The Balaban J connectivity index is 1.55. The Kier molecular flexibility index (Phi) is 4.28. The van der Waals surface area contributed by atoms with E-state index in [4.69, 9.17) is 0 Å². The lowest BCUT2D eigenvalue weighted by Crippen LogP contribution is -2.40. The molecular formula is C18H20N2O2. The standard InChI is InChI=1S/C18H20N2O2/c21-17-8-6-14(7-9-17)15-10-12-20(13-11-15)18(22)19-16-4-2-1-3-5-16/h1-9,15,21H,10-13H2,(H,19,22). The SMILES string of the molecule is O=C(Nc1ccccc1)N1CCC(c2ccc(O)cc2)CC1. The van der Waals surface area contributed by atoms with Crippen molar-refractivity contribution in [3.05, 3.63) is 60.2 Å². The topological polar surface area (TPSA) is 52.6 Å². The second kappa shape index (κ2) is 6.52. The Morgan fingerprint density at radius 1 is 1.00 bits per heavy atom. The number of piperidine rings is 1. The van der Waals surface area contributed by atoms with Crippen molar-refractivity contribution < 1.29 is 9.90 Å². The predicted octanol–water partition coefficient (Wildman–Crippen LogP) is 3.80. The molecule has 1 aliphatic heterocycles. The van der Waals surface area contributed by atoms with E-state index in [1.807, 2.05) is 47.4 Å². The molecule has 2 aromatic carbocycles. The van der Waals surface area contributed by atoms with Crippen LogP contribution in [0.3, 0.4) is 0 Å². The lowest BCUT2D eigenvalue weighted by Gasteiger charge is -2.32. The normalized spacial score (nSPS) is 15.5. The summed E-state index contributed by atoms with van der Waals surface area (Å²) >= 11 is 0. The van der Waals surface area contributed by atoms with Crippen LogP contribution in [0.4, 0.5) is 10.5 Å². The van der Waals surface area contributed by atoms with Crippen molar-refractivity contribution in [3.63, 3.8) is 0 Å². The minimum Gasteiger partial charge on any atom is -0.508 e. The number of likely N-dealkylation sites (tertiary alicyclic amines) is 1. The molecule has 1 fully saturated rings. The zero-order chi connectivity index (χ0) is 15.4. The Morgan fingerprint density at radius 3 is 2.27 bits per heavy atom. The van der Waals surface area contributed by atoms with Crippen molar-refractivity contribution in [2.24, 2.45) is 0 Å². The number of nitrogens with one attached hydrogen (secondary N) is 1. The highest BCUT2D eigenvalue weighted by atomic mass is 16.3. The van der Waals surface area contributed by atoms with Crippen LogP contribution in [-0.4, -0.2) is 29.1 Å². The number of hydrogen-bond donors (Lipinski definition) is 2. The first-order valence-electron chi connectivity index (χ1n) is 7.62. The van der Waals surface area contributed by atoms with Crippen LogP contribution in [-0.2, 0) is 0 Å². The lowest BCUT2D eigenvalue weighted by atomic mass is 9.89. The molecule has 1 heterocycles. The minimum atomic E-state index is -0.0321. The number of nitrogens with zero attached hydrogens (tertiary/aromatic N) is 1. The molecule has 2 aromatic rings. The lowest BCUT2D eigenvalue weighted by molar-refractivity contribution is 0.194. The van der Waals surface area contributed by atoms with E-state index in [-0.39, 0.29) is 6.03 Å². The van der Waals surface area contributed by atoms with Gasteiger partial charge in [-0.05, 0) is 48.6 Å². The second-order valence-electron chi connectivity index (χ2n) is 5.65. The highest BCUT2D eigenvalue weighted by Crippen LogP contribution is 2.29. The summed E-state index contributed by atoms with van der Waals surface area (Å²) < 4.78 is 0. The molecule has 0 radical (unpaired) electrons. The van der Waals surface area contributed by atoms with Crippen LogP contribution in [0.2, 0.25) is 0 Å². The largest absolute Gasteiger partial charge is 0.508 e. The summed E-state index contributed by atoms with van der Waals surface area (Å²) in [6, 6.07) is 16.9. The fraction of sp³-hybridized carbons (Fsp3) is 0.278. The van der Waals surface area contributed by atoms with E-state index in [9.17, 15) is 9.90 Å². The third-order valence-electron chi connectivity index (χ3n) is 4.17. The van der Waals surface area contributed by atoms with Gasteiger partial charge in [-0.25, -0.2) is 4.79 Å². The number of phenolic OH excluding ortho intramolecular Hbond substituents is 1. The molecule has 114 valence electrons. The summed E-state index contributed by atoms with van der Waals surface area (Å²) in [6.45, 7) is 1.51. The maximum atomic E-state index is 12.2. The molecule has 0 atom stereocenters. The van der Waals surface area contributed by atoms with Crippen molar-refractivity contribution in [3.8, 4) is 5.75 Å². The average Bonchev–Trinajstić information content (AvgIpc) is 2.57. The van der Waals surface area contributed by atoms with Crippen LogP contribution in [0.5, 0.6) is 5.75 Å². The molecule has 1 aliphatic rings. The molecule has 0 bridgehead atoms. The highest BCUT2D eigenvalue weighted by molar-refractivity contribution is 5.89. The van der Waals surface area contributed by atoms with E-state index in [2.05, 4.69) is 5.32 Å². The molecule has 22 heavy (non-hydrogen) atoms. The summed E-state index contributed by atoms with van der Waals surface area (Å²) in [6.07, 6.45) is 1.90. The number of urea groups is 1. The van der Waals surface area contributed by atoms with Crippen molar-refractivity contribution in [2.75, 3.05) is 18.4 Å². The molecule has 4 heteroatoms. The molecule has 2 amide bonds. The van der Waals surface area contributed by atoms with Gasteiger partial charge in [0.25, 0.3) is 0 Å². The summed E-state index contributed by atoms with van der Waals surface area (Å²) in [5.74, 6) is 0.754. The van der Waals surface area contributed by atoms with E-state index in [1.165, 1.54) is 5.56 Å². The Hall–Kier alpha value is -2.49. The Labute approximate surface area is 130 Å². The van der Waals surface area contributed by atoms with Gasteiger partial charge in [-0.3, -0.25) is 0 Å². The smallest absolute Gasteiger partial charge is 0.321 e. The third-order valence-corrected chi connectivity index (χ3v) is 4.17. The van der Waals surface area contributed by atoms with E-state index < -0.39 is 0 Å². The molecule has 0 aliphatic carbocycles.